The van der Waals surface area contributed by atoms with Gasteiger partial charge in [0.2, 0.25) is 0 Å². The number of hydrogen-bond donors (Lipinski definition) is 1. The summed E-state index contributed by atoms with van der Waals surface area (Å²) in [5.74, 6) is -0.943. The molecule has 0 heterocycles. The molecule has 4 rings (SSSR count). The number of carbonyl (C=O) groups is 2. The van der Waals surface area contributed by atoms with Gasteiger partial charge in [-0.1, -0.05) is 48.5 Å². The summed E-state index contributed by atoms with van der Waals surface area (Å²) in [4.78, 5) is 23.1. The number of alkyl carbamates (subject to hydrolysis) is 1. The second kappa shape index (κ2) is 9.79. The second-order valence-corrected chi connectivity index (χ2v) is 7.74. The Morgan fingerprint density at radius 3 is 2.03 bits per heavy atom. The maximum Gasteiger partial charge on any atom is 1.00 e. The van der Waals surface area contributed by atoms with Gasteiger partial charge in [-0.25, -0.2) is 4.79 Å². The molecule has 0 radical (unpaired) electrons. The van der Waals surface area contributed by atoms with Gasteiger partial charge in [0.25, 0.3) is 0 Å². The minimum absolute atomic E-state index is 0. The van der Waals surface area contributed by atoms with Crippen LogP contribution in [0.15, 0.2) is 48.5 Å². The number of benzene rings is 2. The van der Waals surface area contributed by atoms with Crippen molar-refractivity contribution in [2.24, 2.45) is 11.8 Å². The van der Waals surface area contributed by atoms with Gasteiger partial charge in [-0.15, -0.1) is 0 Å². The molecule has 29 heavy (non-hydrogen) atoms. The standard InChI is InChI=1S/C23H25NO4.Na/c25-22(26)16-11-9-15(10-12-16)13-24-23(27)28-14-21-19-7-3-1-5-17(19)18-6-2-4-8-20(18)21;/h1-8,15-16,21H,9-14H2,(H,24,27)(H,25,26);/q;+1/p-1/t15-,16-;. The predicted molar refractivity (Wildman–Crippen MR) is 104 cm³/mol. The third-order valence-electron chi connectivity index (χ3n) is 6.06. The zero-order chi connectivity index (χ0) is 19.5. The average molecular weight is 401 g/mol. The average Bonchev–Trinajstić information content (AvgIpc) is 3.05. The molecule has 0 bridgehead atoms. The number of carboxylic acids is 1. The Labute approximate surface area is 193 Å². The SMILES string of the molecule is O=C(NC[C@H]1CC[C@H](C(=O)[O-])CC1)OCC1c2ccccc2-c2ccccc21.[Na+]. The number of fused-ring (bicyclic) bond motifs is 3. The molecule has 146 valence electrons. The smallest absolute Gasteiger partial charge is 0.550 e. The topological polar surface area (TPSA) is 78.5 Å². The van der Waals surface area contributed by atoms with Gasteiger partial charge in [-0.05, 0) is 59.8 Å². The Bertz CT molecular complexity index is 831. The van der Waals surface area contributed by atoms with Gasteiger partial charge >= 0.3 is 35.7 Å². The number of nitrogens with one attached hydrogen (secondary N) is 1. The van der Waals surface area contributed by atoms with E-state index >= 15 is 0 Å². The molecular formula is C23H24NNaO4. The van der Waals surface area contributed by atoms with E-state index in [0.717, 1.165) is 12.8 Å². The number of hydrogen-bond acceptors (Lipinski definition) is 4. The molecule has 1 fully saturated rings. The van der Waals surface area contributed by atoms with Crippen LogP contribution in [0, 0.1) is 11.8 Å². The number of amides is 1. The number of carbonyl (C=O) groups excluding carboxylic acids is 2. The van der Waals surface area contributed by atoms with Crippen LogP contribution in [0.4, 0.5) is 4.79 Å². The van der Waals surface area contributed by atoms with Crippen molar-refractivity contribution in [3.63, 3.8) is 0 Å². The molecule has 0 spiro atoms. The van der Waals surface area contributed by atoms with Gasteiger partial charge < -0.3 is 20.0 Å². The molecule has 0 saturated heterocycles. The third kappa shape index (κ3) is 4.85. The molecule has 2 aliphatic rings. The largest absolute Gasteiger partial charge is 1.00 e. The summed E-state index contributed by atoms with van der Waals surface area (Å²) < 4.78 is 5.54. The van der Waals surface area contributed by atoms with E-state index in [1.807, 2.05) is 24.3 Å². The molecule has 1 N–H and O–H groups in total. The fourth-order valence-corrected chi connectivity index (χ4v) is 4.48. The Kier molecular flexibility index (Phi) is 7.38. The molecule has 2 aromatic carbocycles. The van der Waals surface area contributed by atoms with Crippen molar-refractivity contribution in [1.29, 1.82) is 0 Å². The van der Waals surface area contributed by atoms with Crippen molar-refractivity contribution in [2.45, 2.75) is 31.6 Å². The molecule has 0 aliphatic heterocycles. The number of rotatable bonds is 5. The van der Waals surface area contributed by atoms with Crippen LogP contribution in [0.25, 0.3) is 11.1 Å². The maximum absolute atomic E-state index is 12.2. The van der Waals surface area contributed by atoms with Crippen LogP contribution in [-0.4, -0.2) is 25.2 Å². The van der Waals surface area contributed by atoms with E-state index < -0.39 is 12.1 Å². The van der Waals surface area contributed by atoms with Crippen molar-refractivity contribution >= 4 is 12.1 Å². The van der Waals surface area contributed by atoms with Gasteiger partial charge in [0.1, 0.15) is 6.61 Å². The van der Waals surface area contributed by atoms with Crippen molar-refractivity contribution in [1.82, 2.24) is 5.32 Å². The van der Waals surface area contributed by atoms with Crippen molar-refractivity contribution < 1.29 is 49.0 Å². The van der Waals surface area contributed by atoms with E-state index in [9.17, 15) is 14.7 Å². The van der Waals surface area contributed by atoms with Gasteiger partial charge in [0.05, 0.1) is 0 Å². The van der Waals surface area contributed by atoms with E-state index in [-0.39, 0.29) is 41.4 Å². The van der Waals surface area contributed by atoms with Crippen LogP contribution in [0.5, 0.6) is 0 Å². The Morgan fingerprint density at radius 2 is 1.48 bits per heavy atom. The summed E-state index contributed by atoms with van der Waals surface area (Å²) in [6.45, 7) is 0.827. The first-order chi connectivity index (χ1) is 13.6. The molecule has 0 aromatic heterocycles. The quantitative estimate of drug-likeness (QED) is 0.720. The molecule has 0 unspecified atom stereocenters. The van der Waals surface area contributed by atoms with Crippen LogP contribution >= 0.6 is 0 Å². The Hall–Kier alpha value is -1.82. The summed E-state index contributed by atoms with van der Waals surface area (Å²) >= 11 is 0. The Morgan fingerprint density at radius 1 is 0.931 bits per heavy atom. The maximum atomic E-state index is 12.2. The molecule has 5 nitrogen and oxygen atoms in total. The monoisotopic (exact) mass is 401 g/mol. The van der Waals surface area contributed by atoms with Crippen LogP contribution in [0.3, 0.4) is 0 Å². The first-order valence-corrected chi connectivity index (χ1v) is 9.93. The van der Waals surface area contributed by atoms with Crippen LogP contribution < -0.4 is 40.0 Å². The van der Waals surface area contributed by atoms with E-state index in [1.54, 1.807) is 0 Å². The molecule has 6 heteroatoms. The van der Waals surface area contributed by atoms with E-state index in [1.165, 1.54) is 22.3 Å². The summed E-state index contributed by atoms with van der Waals surface area (Å²) in [7, 11) is 0. The number of ether oxygens (including phenoxy) is 1. The van der Waals surface area contributed by atoms with E-state index in [4.69, 9.17) is 4.74 Å². The fraction of sp³-hybridized carbons (Fsp3) is 0.391. The zero-order valence-corrected chi connectivity index (χ0v) is 18.7. The van der Waals surface area contributed by atoms with Crippen LogP contribution in [0.2, 0.25) is 0 Å². The van der Waals surface area contributed by atoms with Crippen molar-refractivity contribution in [3.05, 3.63) is 59.7 Å². The van der Waals surface area contributed by atoms with Gasteiger partial charge in [0, 0.05) is 18.4 Å². The molecule has 1 amide bonds. The second-order valence-electron chi connectivity index (χ2n) is 7.74. The number of aliphatic carboxylic acids is 1. The van der Waals surface area contributed by atoms with Crippen LogP contribution in [0.1, 0.15) is 42.7 Å². The fourth-order valence-electron chi connectivity index (χ4n) is 4.48. The minimum atomic E-state index is -0.956. The van der Waals surface area contributed by atoms with E-state index in [2.05, 4.69) is 29.6 Å². The summed E-state index contributed by atoms with van der Waals surface area (Å²) in [5.41, 5.74) is 4.79. The number of carboxylic acid groups (broad SMARTS) is 1. The first-order valence-electron chi connectivity index (χ1n) is 9.93. The predicted octanol–water partition coefficient (Wildman–Crippen LogP) is 0.0854. The molecule has 2 aliphatic carbocycles. The van der Waals surface area contributed by atoms with E-state index in [0.29, 0.717) is 31.9 Å². The summed E-state index contributed by atoms with van der Waals surface area (Å²) in [5, 5.41) is 13.8. The first kappa shape index (κ1) is 21.9. The molecular weight excluding hydrogens is 377 g/mol. The normalized spacial score (nSPS) is 20.1. The van der Waals surface area contributed by atoms with Gasteiger partial charge in [-0.2, -0.15) is 0 Å². The third-order valence-corrected chi connectivity index (χ3v) is 6.06. The van der Waals surface area contributed by atoms with Gasteiger partial charge in [0.15, 0.2) is 0 Å². The van der Waals surface area contributed by atoms with Crippen LogP contribution in [-0.2, 0) is 9.53 Å². The zero-order valence-electron chi connectivity index (χ0n) is 16.7. The Balaban J connectivity index is 0.00000240. The van der Waals surface area contributed by atoms with Gasteiger partial charge in [-0.3, -0.25) is 0 Å². The van der Waals surface area contributed by atoms with Crippen molar-refractivity contribution in [2.75, 3.05) is 13.2 Å². The minimum Gasteiger partial charge on any atom is -0.550 e. The molecule has 0 atom stereocenters. The van der Waals surface area contributed by atoms with Crippen molar-refractivity contribution in [3.8, 4) is 11.1 Å². The summed E-state index contributed by atoms with van der Waals surface area (Å²) in [6, 6.07) is 16.5. The summed E-state index contributed by atoms with van der Waals surface area (Å²) in [6.07, 6.45) is 2.42. The molecule has 1 saturated carbocycles. The molecule has 2 aromatic rings.